The number of para-hydroxylation sites is 1. The van der Waals surface area contributed by atoms with E-state index in [2.05, 4.69) is 55.5 Å². The van der Waals surface area contributed by atoms with Gasteiger partial charge in [0.25, 0.3) is 0 Å². The number of hydrogen-bond acceptors (Lipinski definition) is 4. The zero-order chi connectivity index (χ0) is 23.7. The van der Waals surface area contributed by atoms with Crippen LogP contribution in [-0.4, -0.2) is 22.7 Å². The molecule has 7 heteroatoms. The predicted octanol–water partition coefficient (Wildman–Crippen LogP) is 7.49. The topological polar surface area (TPSA) is 46.7 Å². The van der Waals surface area contributed by atoms with Gasteiger partial charge < -0.3 is 19.5 Å². The summed E-state index contributed by atoms with van der Waals surface area (Å²) in [6.45, 7) is 13.6. The molecular formula is C26H26BrN5O. The molecule has 0 radical (unpaired) electrons. The lowest BCUT2D eigenvalue weighted by Crippen LogP contribution is -2.25. The molecular weight excluding hydrogens is 478 g/mol. The summed E-state index contributed by atoms with van der Waals surface area (Å²) in [4.78, 5) is 10.7. The number of nitrogens with zero attached hydrogens (tertiary/aromatic N) is 4. The monoisotopic (exact) mass is 503 g/mol. The molecule has 0 fully saturated rings. The van der Waals surface area contributed by atoms with Crippen LogP contribution in [0.2, 0.25) is 0 Å². The molecule has 0 atom stereocenters. The van der Waals surface area contributed by atoms with Gasteiger partial charge in [-0.1, -0.05) is 34.1 Å². The standard InChI is InChI=1S/C26H26BrN5O/c1-16(2)32(20-12-10-19(28-4)11-13-20)22-9-7-8-21-25(22)31(5)26(29-21)30-24-17(3)14-18(27)15-23(24)33-6/h7-16H,1-3,5-6H3,(H,29,30). The Morgan fingerprint density at radius 2 is 1.88 bits per heavy atom. The zero-order valence-corrected chi connectivity index (χ0v) is 20.9. The Hall–Kier alpha value is -3.50. The molecule has 33 heavy (non-hydrogen) atoms. The van der Waals surface area contributed by atoms with Crippen molar-refractivity contribution in [3.8, 4) is 5.75 Å². The van der Waals surface area contributed by atoms with Gasteiger partial charge in [0.05, 0.1) is 36.1 Å². The number of rotatable bonds is 6. The fourth-order valence-electron chi connectivity index (χ4n) is 4.10. The highest BCUT2D eigenvalue weighted by Gasteiger charge is 2.21. The molecule has 1 heterocycles. The summed E-state index contributed by atoms with van der Waals surface area (Å²) in [7, 11) is 3.68. The first-order valence-corrected chi connectivity index (χ1v) is 11.5. The van der Waals surface area contributed by atoms with Crippen LogP contribution in [0, 0.1) is 13.5 Å². The number of anilines is 4. The quantitative estimate of drug-likeness (QED) is 0.276. The van der Waals surface area contributed by atoms with Gasteiger partial charge in [0.1, 0.15) is 5.75 Å². The average molecular weight is 504 g/mol. The highest BCUT2D eigenvalue weighted by Crippen LogP contribution is 2.38. The van der Waals surface area contributed by atoms with E-state index in [0.717, 1.165) is 49.8 Å². The van der Waals surface area contributed by atoms with Crippen molar-refractivity contribution < 1.29 is 4.74 Å². The van der Waals surface area contributed by atoms with Crippen LogP contribution < -0.4 is 15.0 Å². The maximum absolute atomic E-state index is 7.24. The van der Waals surface area contributed by atoms with Crippen LogP contribution in [-0.2, 0) is 7.05 Å². The normalized spacial score (nSPS) is 11.0. The highest BCUT2D eigenvalue weighted by atomic mass is 79.9. The fraction of sp³-hybridized carbons (Fsp3) is 0.231. The molecule has 4 aromatic rings. The number of fused-ring (bicyclic) bond motifs is 1. The molecule has 1 aromatic heterocycles. The molecule has 4 rings (SSSR count). The second-order valence-electron chi connectivity index (χ2n) is 8.16. The number of benzene rings is 3. The molecule has 0 amide bonds. The van der Waals surface area contributed by atoms with Crippen LogP contribution in [0.3, 0.4) is 0 Å². The molecule has 0 saturated carbocycles. The zero-order valence-electron chi connectivity index (χ0n) is 19.3. The van der Waals surface area contributed by atoms with E-state index in [1.54, 1.807) is 7.11 Å². The summed E-state index contributed by atoms with van der Waals surface area (Å²) in [5.41, 5.74) is 6.58. The van der Waals surface area contributed by atoms with Gasteiger partial charge in [-0.2, -0.15) is 0 Å². The maximum Gasteiger partial charge on any atom is 0.208 e. The molecule has 0 unspecified atom stereocenters. The van der Waals surface area contributed by atoms with E-state index in [9.17, 15) is 0 Å². The van der Waals surface area contributed by atoms with Crippen molar-refractivity contribution in [3.05, 3.63) is 76.1 Å². The lowest BCUT2D eigenvalue weighted by Gasteiger charge is -2.30. The van der Waals surface area contributed by atoms with Gasteiger partial charge in [0.2, 0.25) is 5.95 Å². The smallest absolute Gasteiger partial charge is 0.208 e. The third-order valence-corrected chi connectivity index (χ3v) is 6.08. The molecule has 0 aliphatic heterocycles. The summed E-state index contributed by atoms with van der Waals surface area (Å²) in [6, 6.07) is 18.1. The number of hydrogen-bond donors (Lipinski definition) is 1. The summed E-state index contributed by atoms with van der Waals surface area (Å²) in [5.74, 6) is 1.48. The third kappa shape index (κ3) is 4.27. The third-order valence-electron chi connectivity index (χ3n) is 5.63. The maximum atomic E-state index is 7.24. The van der Waals surface area contributed by atoms with Crippen LogP contribution in [0.15, 0.2) is 59.1 Å². The molecule has 168 valence electrons. The number of aromatic nitrogens is 2. The first-order chi connectivity index (χ1) is 15.8. The number of halogens is 1. The van der Waals surface area contributed by atoms with Crippen LogP contribution in [0.1, 0.15) is 19.4 Å². The average Bonchev–Trinajstić information content (AvgIpc) is 3.11. The Morgan fingerprint density at radius 3 is 2.52 bits per heavy atom. The Kier molecular flexibility index (Phi) is 6.30. The van der Waals surface area contributed by atoms with Gasteiger partial charge in [-0.25, -0.2) is 9.83 Å². The fourth-order valence-corrected chi connectivity index (χ4v) is 4.65. The van der Waals surface area contributed by atoms with Crippen LogP contribution in [0.5, 0.6) is 5.75 Å². The van der Waals surface area contributed by atoms with Crippen molar-refractivity contribution in [2.45, 2.75) is 26.8 Å². The molecule has 1 N–H and O–H groups in total. The molecule has 0 saturated heterocycles. The van der Waals surface area contributed by atoms with E-state index in [-0.39, 0.29) is 6.04 Å². The van der Waals surface area contributed by atoms with Crippen molar-refractivity contribution in [1.82, 2.24) is 9.55 Å². The van der Waals surface area contributed by atoms with Gasteiger partial charge in [-0.15, -0.1) is 0 Å². The Bertz CT molecular complexity index is 1350. The predicted molar refractivity (Wildman–Crippen MR) is 139 cm³/mol. The van der Waals surface area contributed by atoms with Crippen LogP contribution in [0.25, 0.3) is 15.9 Å². The molecule has 3 aromatic carbocycles. The van der Waals surface area contributed by atoms with Crippen molar-refractivity contribution in [2.24, 2.45) is 7.05 Å². The molecule has 0 aliphatic carbocycles. The molecule has 0 aliphatic rings. The number of ether oxygens (including phenoxy) is 1. The second-order valence-corrected chi connectivity index (χ2v) is 9.07. The number of aryl methyl sites for hydroxylation is 2. The first kappa shape index (κ1) is 22.7. The number of methoxy groups -OCH3 is 1. The van der Waals surface area contributed by atoms with Crippen LogP contribution >= 0.6 is 15.9 Å². The van der Waals surface area contributed by atoms with Gasteiger partial charge in [-0.05, 0) is 62.7 Å². The van der Waals surface area contributed by atoms with E-state index in [1.165, 1.54) is 0 Å². The summed E-state index contributed by atoms with van der Waals surface area (Å²) in [5, 5.41) is 3.48. The van der Waals surface area contributed by atoms with Crippen molar-refractivity contribution in [1.29, 1.82) is 0 Å². The van der Waals surface area contributed by atoms with Crippen molar-refractivity contribution in [2.75, 3.05) is 17.3 Å². The Labute approximate surface area is 202 Å². The number of imidazole rings is 1. The minimum absolute atomic E-state index is 0.203. The lowest BCUT2D eigenvalue weighted by atomic mass is 10.1. The van der Waals surface area contributed by atoms with Crippen molar-refractivity contribution >= 4 is 55.7 Å². The van der Waals surface area contributed by atoms with E-state index >= 15 is 0 Å². The van der Waals surface area contributed by atoms with E-state index in [1.807, 2.05) is 62.5 Å². The molecule has 0 spiro atoms. The molecule has 0 bridgehead atoms. The summed E-state index contributed by atoms with van der Waals surface area (Å²) >= 11 is 3.54. The van der Waals surface area contributed by atoms with Crippen molar-refractivity contribution in [3.63, 3.8) is 0 Å². The van der Waals surface area contributed by atoms with Gasteiger partial charge >= 0.3 is 0 Å². The second kappa shape index (κ2) is 9.16. The minimum atomic E-state index is 0.203. The first-order valence-electron chi connectivity index (χ1n) is 10.7. The van der Waals surface area contributed by atoms with Crippen LogP contribution in [0.4, 0.5) is 28.7 Å². The SMILES string of the molecule is [C-]#[N+]c1ccc(N(c2cccc3nc(Nc4c(C)cc(Br)cc4OC)n(C)c23)C(C)C)cc1. The van der Waals surface area contributed by atoms with Gasteiger partial charge in [0, 0.05) is 23.2 Å². The Balaban J connectivity index is 1.83. The van der Waals surface area contributed by atoms with E-state index < -0.39 is 0 Å². The van der Waals surface area contributed by atoms with Gasteiger partial charge in [0.15, 0.2) is 5.69 Å². The summed E-state index contributed by atoms with van der Waals surface area (Å²) in [6.07, 6.45) is 0. The van der Waals surface area contributed by atoms with Gasteiger partial charge in [-0.3, -0.25) is 0 Å². The van der Waals surface area contributed by atoms with E-state index in [0.29, 0.717) is 5.69 Å². The summed E-state index contributed by atoms with van der Waals surface area (Å²) < 4.78 is 8.65. The number of nitrogens with one attached hydrogen (secondary N) is 1. The lowest BCUT2D eigenvalue weighted by molar-refractivity contribution is 0.416. The highest BCUT2D eigenvalue weighted by molar-refractivity contribution is 9.10. The van der Waals surface area contributed by atoms with E-state index in [4.69, 9.17) is 16.3 Å². The largest absolute Gasteiger partial charge is 0.495 e. The molecule has 6 nitrogen and oxygen atoms in total. The Morgan fingerprint density at radius 1 is 1.15 bits per heavy atom. The minimum Gasteiger partial charge on any atom is -0.495 e.